The molecule has 4 rings (SSSR count). The zero-order valence-electron chi connectivity index (χ0n) is 17.5. The van der Waals surface area contributed by atoms with Crippen molar-refractivity contribution >= 4 is 18.9 Å². The molecule has 0 saturated carbocycles. The molecule has 0 atom stereocenters. The second kappa shape index (κ2) is 9.62. The lowest BCUT2D eigenvalue weighted by molar-refractivity contribution is 0.272. The van der Waals surface area contributed by atoms with Crippen molar-refractivity contribution in [3.8, 4) is 23.0 Å². The van der Waals surface area contributed by atoms with Gasteiger partial charge < -0.3 is 18.3 Å². The van der Waals surface area contributed by atoms with Crippen LogP contribution in [0, 0.1) is 0 Å². The van der Waals surface area contributed by atoms with E-state index in [1.165, 1.54) is 0 Å². The number of benzene rings is 4. The largest absolute Gasteiger partial charge is 0.457 e. The molecule has 4 aromatic carbocycles. The van der Waals surface area contributed by atoms with Crippen molar-refractivity contribution in [3.05, 3.63) is 109 Å². The molecule has 0 bridgehead atoms. The summed E-state index contributed by atoms with van der Waals surface area (Å²) in [5, 5.41) is 1.99. The molecule has 0 N–H and O–H groups in total. The first-order chi connectivity index (χ1) is 15.2. The van der Waals surface area contributed by atoms with Gasteiger partial charge in [-0.1, -0.05) is 60.7 Å². The van der Waals surface area contributed by atoms with Gasteiger partial charge in [-0.15, -0.1) is 0 Å². The van der Waals surface area contributed by atoms with Gasteiger partial charge >= 0.3 is 8.56 Å². The molecule has 0 fully saturated rings. The lowest BCUT2D eigenvalue weighted by atomic mass is 10.3. The summed E-state index contributed by atoms with van der Waals surface area (Å²) in [5.41, 5.74) is 0. The highest BCUT2D eigenvalue weighted by molar-refractivity contribution is 6.92. The standard InChI is InChI=1S/C26H24O4Si/c1-27-31(28-2,25-17-13-23(14-18-25)29-21-9-5-3-6-10-21)26-19-15-24(16-20-26)30-22-11-7-4-8-12-22/h3-20H,1-2H3. The third-order valence-electron chi connectivity index (χ3n) is 5.00. The lowest BCUT2D eigenvalue weighted by Crippen LogP contribution is -2.62. The Kier molecular flexibility index (Phi) is 6.48. The molecule has 0 saturated heterocycles. The third kappa shape index (κ3) is 4.69. The minimum atomic E-state index is -2.84. The van der Waals surface area contributed by atoms with Gasteiger partial charge in [0.2, 0.25) is 0 Å². The van der Waals surface area contributed by atoms with Crippen LogP contribution in [0.3, 0.4) is 0 Å². The van der Waals surface area contributed by atoms with Gasteiger partial charge in [-0.25, -0.2) is 0 Å². The van der Waals surface area contributed by atoms with E-state index in [-0.39, 0.29) is 0 Å². The van der Waals surface area contributed by atoms with Crippen LogP contribution in [-0.2, 0) is 8.85 Å². The molecular formula is C26H24O4Si. The van der Waals surface area contributed by atoms with Gasteiger partial charge in [-0.3, -0.25) is 0 Å². The first-order valence-corrected chi connectivity index (χ1v) is 11.8. The average Bonchev–Trinajstić information content (AvgIpc) is 2.83. The van der Waals surface area contributed by atoms with Crippen LogP contribution in [0.25, 0.3) is 0 Å². The van der Waals surface area contributed by atoms with Crippen LogP contribution in [0.2, 0.25) is 0 Å². The Morgan fingerprint density at radius 1 is 0.419 bits per heavy atom. The zero-order chi connectivity index (χ0) is 21.5. The number of ether oxygens (including phenoxy) is 2. The molecule has 0 aliphatic heterocycles. The van der Waals surface area contributed by atoms with E-state index in [0.29, 0.717) is 0 Å². The quantitative estimate of drug-likeness (QED) is 0.365. The predicted octanol–water partition coefficient (Wildman–Crippen LogP) is 5.12. The Balaban J connectivity index is 1.56. The molecule has 4 aromatic rings. The monoisotopic (exact) mass is 428 g/mol. The van der Waals surface area contributed by atoms with E-state index in [0.717, 1.165) is 33.4 Å². The molecule has 5 heteroatoms. The molecule has 0 aliphatic carbocycles. The molecule has 0 amide bonds. The van der Waals surface area contributed by atoms with E-state index in [9.17, 15) is 0 Å². The lowest BCUT2D eigenvalue weighted by Gasteiger charge is -2.28. The topological polar surface area (TPSA) is 36.9 Å². The van der Waals surface area contributed by atoms with E-state index < -0.39 is 8.56 Å². The summed E-state index contributed by atoms with van der Waals surface area (Å²) >= 11 is 0. The predicted molar refractivity (Wildman–Crippen MR) is 125 cm³/mol. The zero-order valence-corrected chi connectivity index (χ0v) is 18.5. The molecular weight excluding hydrogens is 404 g/mol. The number of hydrogen-bond acceptors (Lipinski definition) is 4. The highest BCUT2D eigenvalue weighted by atomic mass is 28.4. The molecule has 4 nitrogen and oxygen atoms in total. The van der Waals surface area contributed by atoms with E-state index in [1.807, 2.05) is 109 Å². The highest BCUT2D eigenvalue weighted by Gasteiger charge is 2.40. The number of para-hydroxylation sites is 2. The molecule has 0 aromatic heterocycles. The van der Waals surface area contributed by atoms with Crippen LogP contribution in [0.5, 0.6) is 23.0 Å². The van der Waals surface area contributed by atoms with Gasteiger partial charge in [0.25, 0.3) is 0 Å². The Morgan fingerprint density at radius 2 is 0.742 bits per heavy atom. The van der Waals surface area contributed by atoms with E-state index in [1.54, 1.807) is 14.2 Å². The van der Waals surface area contributed by atoms with Crippen molar-refractivity contribution in [1.29, 1.82) is 0 Å². The maximum atomic E-state index is 6.01. The molecule has 0 spiro atoms. The Bertz CT molecular complexity index is 991. The summed E-state index contributed by atoms with van der Waals surface area (Å²) in [6.45, 7) is 0. The molecule has 31 heavy (non-hydrogen) atoms. The maximum Gasteiger partial charge on any atom is 0.406 e. The SMILES string of the molecule is CO[Si](OC)(c1ccc(Oc2ccccc2)cc1)c1ccc(Oc2ccccc2)cc1. The van der Waals surface area contributed by atoms with Gasteiger partial charge in [0, 0.05) is 14.2 Å². The van der Waals surface area contributed by atoms with Crippen LogP contribution in [-0.4, -0.2) is 22.8 Å². The van der Waals surface area contributed by atoms with Gasteiger partial charge in [0.1, 0.15) is 23.0 Å². The molecule has 0 aliphatic rings. The van der Waals surface area contributed by atoms with Crippen molar-refractivity contribution in [2.75, 3.05) is 14.2 Å². The summed E-state index contributed by atoms with van der Waals surface area (Å²) in [7, 11) is 0.549. The van der Waals surface area contributed by atoms with Crippen LogP contribution in [0.15, 0.2) is 109 Å². The van der Waals surface area contributed by atoms with Gasteiger partial charge in [-0.2, -0.15) is 0 Å². The fourth-order valence-electron chi connectivity index (χ4n) is 3.46. The Morgan fingerprint density at radius 3 is 1.06 bits per heavy atom. The Hall–Kier alpha value is -3.38. The van der Waals surface area contributed by atoms with E-state index in [2.05, 4.69) is 0 Å². The summed E-state index contributed by atoms with van der Waals surface area (Å²) in [6, 6.07) is 35.2. The summed E-state index contributed by atoms with van der Waals surface area (Å²) in [4.78, 5) is 0. The molecule has 156 valence electrons. The Labute approximate surface area is 183 Å². The minimum absolute atomic E-state index is 0.761. The first kappa shape index (κ1) is 20.9. The normalized spacial score (nSPS) is 11.2. The van der Waals surface area contributed by atoms with Crippen molar-refractivity contribution < 1.29 is 18.3 Å². The van der Waals surface area contributed by atoms with E-state index in [4.69, 9.17) is 18.3 Å². The fraction of sp³-hybridized carbons (Fsp3) is 0.0769. The second-order valence-corrected chi connectivity index (χ2v) is 10.1. The third-order valence-corrected chi connectivity index (χ3v) is 8.34. The fourth-order valence-corrected chi connectivity index (χ4v) is 6.11. The summed E-state index contributed by atoms with van der Waals surface area (Å²) in [6.07, 6.45) is 0. The smallest absolute Gasteiger partial charge is 0.406 e. The van der Waals surface area contributed by atoms with Gasteiger partial charge in [-0.05, 0) is 58.9 Å². The van der Waals surface area contributed by atoms with Gasteiger partial charge in [0.15, 0.2) is 0 Å². The second-order valence-electron chi connectivity index (χ2n) is 6.90. The summed E-state index contributed by atoms with van der Waals surface area (Å²) < 4.78 is 23.8. The van der Waals surface area contributed by atoms with Crippen molar-refractivity contribution in [2.45, 2.75) is 0 Å². The first-order valence-electron chi connectivity index (χ1n) is 10.0. The van der Waals surface area contributed by atoms with E-state index >= 15 is 0 Å². The van der Waals surface area contributed by atoms with Crippen LogP contribution in [0.4, 0.5) is 0 Å². The average molecular weight is 429 g/mol. The maximum absolute atomic E-state index is 6.01. The number of hydrogen-bond donors (Lipinski definition) is 0. The van der Waals surface area contributed by atoms with Crippen LogP contribution >= 0.6 is 0 Å². The minimum Gasteiger partial charge on any atom is -0.457 e. The van der Waals surface area contributed by atoms with Gasteiger partial charge in [0.05, 0.1) is 0 Å². The number of rotatable bonds is 8. The van der Waals surface area contributed by atoms with Crippen molar-refractivity contribution in [3.63, 3.8) is 0 Å². The molecule has 0 unspecified atom stereocenters. The van der Waals surface area contributed by atoms with Crippen molar-refractivity contribution in [2.24, 2.45) is 0 Å². The highest BCUT2D eigenvalue weighted by Crippen LogP contribution is 2.22. The molecule has 0 heterocycles. The van der Waals surface area contributed by atoms with Crippen LogP contribution in [0.1, 0.15) is 0 Å². The summed E-state index contributed by atoms with van der Waals surface area (Å²) in [5.74, 6) is 3.12. The molecule has 0 radical (unpaired) electrons. The van der Waals surface area contributed by atoms with Crippen molar-refractivity contribution in [1.82, 2.24) is 0 Å². The van der Waals surface area contributed by atoms with Crippen LogP contribution < -0.4 is 19.8 Å².